The monoisotopic (exact) mass is 396 g/mol. The van der Waals surface area contributed by atoms with Crippen molar-refractivity contribution in [3.8, 4) is 0 Å². The molecule has 0 fully saturated rings. The SMILES string of the molecule is Cc1cccc(COC(=O)CCCCCCCC(=O)OCc2cccc(C)c2)c1. The summed E-state index contributed by atoms with van der Waals surface area (Å²) in [4.78, 5) is 23.6. The van der Waals surface area contributed by atoms with E-state index in [4.69, 9.17) is 9.47 Å². The molecule has 0 saturated heterocycles. The molecule has 4 nitrogen and oxygen atoms in total. The van der Waals surface area contributed by atoms with Crippen LogP contribution in [0.5, 0.6) is 0 Å². The van der Waals surface area contributed by atoms with Gasteiger partial charge in [-0.2, -0.15) is 0 Å². The Hall–Kier alpha value is -2.62. The minimum atomic E-state index is -0.147. The topological polar surface area (TPSA) is 52.6 Å². The van der Waals surface area contributed by atoms with Crippen LogP contribution in [0.2, 0.25) is 0 Å². The van der Waals surface area contributed by atoms with Gasteiger partial charge in [-0.25, -0.2) is 0 Å². The van der Waals surface area contributed by atoms with Gasteiger partial charge in [0.15, 0.2) is 0 Å². The summed E-state index contributed by atoms with van der Waals surface area (Å²) in [6.07, 6.45) is 5.50. The van der Waals surface area contributed by atoms with Crippen molar-refractivity contribution < 1.29 is 19.1 Å². The van der Waals surface area contributed by atoms with Crippen LogP contribution in [0.3, 0.4) is 0 Å². The zero-order valence-corrected chi connectivity index (χ0v) is 17.6. The third-order valence-corrected chi connectivity index (χ3v) is 4.73. The van der Waals surface area contributed by atoms with Crippen molar-refractivity contribution in [3.05, 3.63) is 70.8 Å². The highest BCUT2D eigenvalue weighted by Gasteiger charge is 2.05. The Bertz CT molecular complexity index is 716. The Morgan fingerprint density at radius 3 is 1.48 bits per heavy atom. The molecule has 0 heterocycles. The quantitative estimate of drug-likeness (QED) is 0.335. The first-order valence-corrected chi connectivity index (χ1v) is 10.5. The maximum Gasteiger partial charge on any atom is 0.306 e. The van der Waals surface area contributed by atoms with Crippen LogP contribution in [-0.4, -0.2) is 11.9 Å². The summed E-state index contributed by atoms with van der Waals surface area (Å²) >= 11 is 0. The van der Waals surface area contributed by atoms with E-state index in [0.717, 1.165) is 54.4 Å². The van der Waals surface area contributed by atoms with Crippen LogP contribution in [0.25, 0.3) is 0 Å². The lowest BCUT2D eigenvalue weighted by molar-refractivity contribution is -0.145. The summed E-state index contributed by atoms with van der Waals surface area (Å²) in [5, 5.41) is 0. The van der Waals surface area contributed by atoms with E-state index in [9.17, 15) is 9.59 Å². The number of carbonyl (C=O) groups excluding carboxylic acids is 2. The van der Waals surface area contributed by atoms with Crippen molar-refractivity contribution in [1.29, 1.82) is 0 Å². The second-order valence-corrected chi connectivity index (χ2v) is 7.57. The van der Waals surface area contributed by atoms with Crippen LogP contribution in [0.1, 0.15) is 67.2 Å². The zero-order chi connectivity index (χ0) is 20.9. The second-order valence-electron chi connectivity index (χ2n) is 7.57. The largest absolute Gasteiger partial charge is 0.461 e. The Labute approximate surface area is 174 Å². The Morgan fingerprint density at radius 2 is 1.07 bits per heavy atom. The van der Waals surface area contributed by atoms with E-state index in [-0.39, 0.29) is 11.9 Å². The molecule has 2 rings (SSSR count). The first-order valence-electron chi connectivity index (χ1n) is 10.5. The lowest BCUT2D eigenvalue weighted by Gasteiger charge is -2.06. The number of benzene rings is 2. The lowest BCUT2D eigenvalue weighted by atomic mass is 10.1. The Morgan fingerprint density at radius 1 is 0.655 bits per heavy atom. The average molecular weight is 397 g/mol. The molecule has 29 heavy (non-hydrogen) atoms. The Balaban J connectivity index is 1.45. The van der Waals surface area contributed by atoms with Gasteiger partial charge in [-0.3, -0.25) is 9.59 Å². The number of rotatable bonds is 12. The van der Waals surface area contributed by atoms with Gasteiger partial charge in [-0.05, 0) is 37.8 Å². The average Bonchev–Trinajstić information content (AvgIpc) is 2.70. The van der Waals surface area contributed by atoms with Crippen molar-refractivity contribution >= 4 is 11.9 Å². The van der Waals surface area contributed by atoms with Crippen LogP contribution >= 0.6 is 0 Å². The minimum Gasteiger partial charge on any atom is -0.461 e. The minimum absolute atomic E-state index is 0.147. The maximum atomic E-state index is 11.8. The molecule has 0 saturated carbocycles. The molecule has 0 unspecified atom stereocenters. The predicted molar refractivity (Wildman–Crippen MR) is 114 cm³/mol. The summed E-state index contributed by atoms with van der Waals surface area (Å²) in [6, 6.07) is 16.0. The summed E-state index contributed by atoms with van der Waals surface area (Å²) < 4.78 is 10.6. The van der Waals surface area contributed by atoms with Crippen molar-refractivity contribution in [2.45, 2.75) is 72.0 Å². The molecule has 0 amide bonds. The van der Waals surface area contributed by atoms with Gasteiger partial charge in [0.1, 0.15) is 13.2 Å². The highest BCUT2D eigenvalue weighted by atomic mass is 16.5. The third kappa shape index (κ3) is 9.93. The predicted octanol–water partition coefficient (Wildman–Crippen LogP) is 5.82. The molecule has 0 aliphatic heterocycles. The molecule has 4 heteroatoms. The van der Waals surface area contributed by atoms with Crippen molar-refractivity contribution in [1.82, 2.24) is 0 Å². The van der Waals surface area contributed by atoms with Gasteiger partial charge in [0.25, 0.3) is 0 Å². The van der Waals surface area contributed by atoms with E-state index in [1.807, 2.05) is 62.4 Å². The van der Waals surface area contributed by atoms with E-state index in [2.05, 4.69) is 0 Å². The van der Waals surface area contributed by atoms with Crippen LogP contribution in [0.15, 0.2) is 48.5 Å². The van der Waals surface area contributed by atoms with Crippen LogP contribution in [-0.2, 0) is 32.3 Å². The fraction of sp³-hybridized carbons (Fsp3) is 0.440. The molecule has 0 aromatic heterocycles. The fourth-order valence-electron chi connectivity index (χ4n) is 3.14. The number of hydrogen-bond acceptors (Lipinski definition) is 4. The number of carbonyl (C=O) groups is 2. The molecule has 0 aliphatic carbocycles. The molecule has 0 atom stereocenters. The Kier molecular flexibility index (Phi) is 9.98. The number of aryl methyl sites for hydroxylation is 2. The van der Waals surface area contributed by atoms with Crippen LogP contribution < -0.4 is 0 Å². The number of ether oxygens (including phenoxy) is 2. The molecule has 0 N–H and O–H groups in total. The molecule has 156 valence electrons. The number of unbranched alkanes of at least 4 members (excludes halogenated alkanes) is 4. The van der Waals surface area contributed by atoms with Crippen molar-refractivity contribution in [3.63, 3.8) is 0 Å². The molecule has 2 aromatic rings. The molecular weight excluding hydrogens is 364 g/mol. The second kappa shape index (κ2) is 12.8. The van der Waals surface area contributed by atoms with Crippen LogP contribution in [0, 0.1) is 13.8 Å². The van der Waals surface area contributed by atoms with E-state index in [1.165, 1.54) is 0 Å². The highest BCUT2D eigenvalue weighted by Crippen LogP contribution is 2.11. The first-order chi connectivity index (χ1) is 14.0. The zero-order valence-electron chi connectivity index (χ0n) is 17.6. The normalized spacial score (nSPS) is 10.6. The number of esters is 2. The van der Waals surface area contributed by atoms with Gasteiger partial charge in [0.2, 0.25) is 0 Å². The van der Waals surface area contributed by atoms with Gasteiger partial charge in [0.05, 0.1) is 0 Å². The summed E-state index contributed by atoms with van der Waals surface area (Å²) in [5.41, 5.74) is 4.37. The molecular formula is C25H32O4. The molecule has 0 spiro atoms. The first kappa shape index (κ1) is 22.7. The van der Waals surface area contributed by atoms with Crippen molar-refractivity contribution in [2.75, 3.05) is 0 Å². The lowest BCUT2D eigenvalue weighted by Crippen LogP contribution is -2.05. The summed E-state index contributed by atoms with van der Waals surface area (Å²) in [5.74, 6) is -0.294. The molecule has 2 aromatic carbocycles. The van der Waals surface area contributed by atoms with Gasteiger partial charge in [0, 0.05) is 12.8 Å². The van der Waals surface area contributed by atoms with Crippen molar-refractivity contribution in [2.24, 2.45) is 0 Å². The van der Waals surface area contributed by atoms with Gasteiger partial charge >= 0.3 is 11.9 Å². The van der Waals surface area contributed by atoms with E-state index < -0.39 is 0 Å². The van der Waals surface area contributed by atoms with Crippen LogP contribution in [0.4, 0.5) is 0 Å². The molecule has 0 radical (unpaired) electrons. The standard InChI is InChI=1S/C25H32O4/c1-20-10-8-12-22(16-20)18-28-24(26)14-6-4-3-5-7-15-25(27)29-19-23-13-9-11-21(2)17-23/h8-13,16-17H,3-7,14-15,18-19H2,1-2H3. The molecule has 0 aliphatic rings. The van der Waals surface area contributed by atoms with Gasteiger partial charge in [-0.15, -0.1) is 0 Å². The summed E-state index contributed by atoms with van der Waals surface area (Å²) in [7, 11) is 0. The number of hydrogen-bond donors (Lipinski definition) is 0. The smallest absolute Gasteiger partial charge is 0.306 e. The fourth-order valence-corrected chi connectivity index (χ4v) is 3.14. The van der Waals surface area contributed by atoms with Gasteiger partial charge in [-0.1, -0.05) is 78.9 Å². The third-order valence-electron chi connectivity index (χ3n) is 4.73. The highest BCUT2D eigenvalue weighted by molar-refractivity contribution is 5.69. The molecule has 0 bridgehead atoms. The van der Waals surface area contributed by atoms with Gasteiger partial charge < -0.3 is 9.47 Å². The summed E-state index contributed by atoms with van der Waals surface area (Å²) in [6.45, 7) is 4.72. The van der Waals surface area contributed by atoms with E-state index in [1.54, 1.807) is 0 Å². The maximum absolute atomic E-state index is 11.8. The van der Waals surface area contributed by atoms with E-state index >= 15 is 0 Å². The van der Waals surface area contributed by atoms with E-state index in [0.29, 0.717) is 26.1 Å².